The number of ether oxygens (including phenoxy) is 1. The smallest absolute Gasteiger partial charge is 0.339 e. The molecule has 0 radical (unpaired) electrons. The zero-order valence-electron chi connectivity index (χ0n) is 15.9. The van der Waals surface area contributed by atoms with Gasteiger partial charge in [-0.25, -0.2) is 9.78 Å². The Bertz CT molecular complexity index is 1190. The molecule has 0 atom stereocenters. The summed E-state index contributed by atoms with van der Waals surface area (Å²) in [5.41, 5.74) is 3.17. The SMILES string of the molecule is COC(=O)c1ccc(C(=O)Nc2ccc3nc(SCc4cccnc4)sc3c2)nc1. The van der Waals surface area contributed by atoms with Crippen molar-refractivity contribution in [2.45, 2.75) is 10.1 Å². The molecular weight excluding hydrogens is 420 g/mol. The van der Waals surface area contributed by atoms with Gasteiger partial charge in [0.25, 0.3) is 5.91 Å². The number of nitrogens with one attached hydrogen (secondary N) is 1. The van der Waals surface area contributed by atoms with E-state index in [9.17, 15) is 9.59 Å². The lowest BCUT2D eigenvalue weighted by molar-refractivity contribution is 0.0600. The predicted molar refractivity (Wildman–Crippen MR) is 117 cm³/mol. The molecule has 0 unspecified atom stereocenters. The van der Waals surface area contributed by atoms with Gasteiger partial charge in [-0.3, -0.25) is 14.8 Å². The van der Waals surface area contributed by atoms with E-state index in [1.807, 2.05) is 30.5 Å². The maximum Gasteiger partial charge on any atom is 0.339 e. The first kappa shape index (κ1) is 20.0. The van der Waals surface area contributed by atoms with E-state index < -0.39 is 5.97 Å². The molecule has 0 saturated heterocycles. The highest BCUT2D eigenvalue weighted by atomic mass is 32.2. The molecule has 7 nitrogen and oxygen atoms in total. The molecule has 9 heteroatoms. The summed E-state index contributed by atoms with van der Waals surface area (Å²) in [6, 6.07) is 12.5. The number of methoxy groups -OCH3 is 1. The second-order valence-electron chi connectivity index (χ2n) is 6.19. The molecule has 1 N–H and O–H groups in total. The van der Waals surface area contributed by atoms with Crippen molar-refractivity contribution in [3.8, 4) is 0 Å². The average molecular weight is 437 g/mol. The van der Waals surface area contributed by atoms with Crippen molar-refractivity contribution in [2.75, 3.05) is 12.4 Å². The molecule has 0 spiro atoms. The van der Waals surface area contributed by atoms with Gasteiger partial charge in [0.15, 0.2) is 4.34 Å². The third-order valence-corrected chi connectivity index (χ3v) is 6.36. The van der Waals surface area contributed by atoms with Gasteiger partial charge in [-0.1, -0.05) is 17.8 Å². The summed E-state index contributed by atoms with van der Waals surface area (Å²) in [6.45, 7) is 0. The average Bonchev–Trinajstić information content (AvgIpc) is 3.20. The third-order valence-electron chi connectivity index (χ3n) is 4.13. The summed E-state index contributed by atoms with van der Waals surface area (Å²) in [5.74, 6) is -0.0615. The van der Waals surface area contributed by atoms with Crippen LogP contribution in [0.5, 0.6) is 0 Å². The topological polar surface area (TPSA) is 94.1 Å². The molecule has 0 fully saturated rings. The quantitative estimate of drug-likeness (QED) is 0.353. The van der Waals surface area contributed by atoms with Gasteiger partial charge in [0.05, 0.1) is 22.9 Å². The molecule has 1 aromatic carbocycles. The molecule has 3 heterocycles. The molecule has 0 bridgehead atoms. The van der Waals surface area contributed by atoms with Crippen molar-refractivity contribution >= 4 is 50.9 Å². The number of fused-ring (bicyclic) bond motifs is 1. The third kappa shape index (κ3) is 4.64. The minimum atomic E-state index is -0.498. The fourth-order valence-corrected chi connectivity index (χ4v) is 4.68. The first-order valence-electron chi connectivity index (χ1n) is 8.90. The number of thiazole rings is 1. The van der Waals surface area contributed by atoms with Crippen molar-refractivity contribution in [3.05, 3.63) is 77.9 Å². The fraction of sp³-hybridized carbons (Fsp3) is 0.0952. The van der Waals surface area contributed by atoms with Crippen LogP contribution in [0.2, 0.25) is 0 Å². The summed E-state index contributed by atoms with van der Waals surface area (Å²) in [7, 11) is 1.29. The first-order valence-corrected chi connectivity index (χ1v) is 10.7. The first-order chi connectivity index (χ1) is 14.6. The van der Waals surface area contributed by atoms with Gasteiger partial charge in [-0.2, -0.15) is 0 Å². The van der Waals surface area contributed by atoms with E-state index in [0.717, 1.165) is 25.9 Å². The van der Waals surface area contributed by atoms with Crippen LogP contribution in [0.15, 0.2) is 65.4 Å². The van der Waals surface area contributed by atoms with E-state index >= 15 is 0 Å². The largest absolute Gasteiger partial charge is 0.465 e. The van der Waals surface area contributed by atoms with E-state index in [1.165, 1.54) is 25.4 Å². The number of amides is 1. The standard InChI is InChI=1S/C21H16N4O3S2/c1-28-20(27)14-4-6-17(23-11-14)19(26)24-15-5-7-16-18(9-15)30-21(25-16)29-12-13-3-2-8-22-10-13/h2-11H,12H2,1H3,(H,24,26). The highest BCUT2D eigenvalue weighted by Gasteiger charge is 2.12. The molecule has 30 heavy (non-hydrogen) atoms. The number of esters is 1. The van der Waals surface area contributed by atoms with Crippen LogP contribution in [-0.4, -0.2) is 33.9 Å². The van der Waals surface area contributed by atoms with Crippen molar-refractivity contribution in [3.63, 3.8) is 0 Å². The van der Waals surface area contributed by atoms with Crippen molar-refractivity contribution in [1.29, 1.82) is 0 Å². The van der Waals surface area contributed by atoms with Crippen LogP contribution in [0.25, 0.3) is 10.2 Å². The molecule has 0 aliphatic heterocycles. The number of hydrogen-bond acceptors (Lipinski definition) is 8. The zero-order valence-corrected chi connectivity index (χ0v) is 17.5. The van der Waals surface area contributed by atoms with Gasteiger partial charge < -0.3 is 10.1 Å². The van der Waals surface area contributed by atoms with Gasteiger partial charge in [-0.05, 0) is 42.0 Å². The molecule has 4 rings (SSSR count). The molecule has 3 aromatic heterocycles. The van der Waals surface area contributed by atoms with Crippen LogP contribution in [0.1, 0.15) is 26.4 Å². The number of hydrogen-bond donors (Lipinski definition) is 1. The van der Waals surface area contributed by atoms with Crippen LogP contribution in [0.3, 0.4) is 0 Å². The fourth-order valence-electron chi connectivity index (χ4n) is 2.63. The number of rotatable bonds is 6. The Kier molecular flexibility index (Phi) is 6.01. The maximum atomic E-state index is 12.5. The van der Waals surface area contributed by atoms with Crippen LogP contribution >= 0.6 is 23.1 Å². The number of pyridine rings is 2. The van der Waals surface area contributed by atoms with Crippen LogP contribution in [-0.2, 0) is 10.5 Å². The second-order valence-corrected chi connectivity index (χ2v) is 8.44. The number of carbonyl (C=O) groups is 2. The van der Waals surface area contributed by atoms with Crippen LogP contribution < -0.4 is 5.32 Å². The number of anilines is 1. The highest BCUT2D eigenvalue weighted by molar-refractivity contribution is 8.00. The van der Waals surface area contributed by atoms with Gasteiger partial charge >= 0.3 is 5.97 Å². The lowest BCUT2D eigenvalue weighted by Gasteiger charge is -2.05. The summed E-state index contributed by atoms with van der Waals surface area (Å²) in [5, 5.41) is 2.83. The molecule has 150 valence electrons. The van der Waals surface area contributed by atoms with Crippen molar-refractivity contribution in [2.24, 2.45) is 0 Å². The summed E-state index contributed by atoms with van der Waals surface area (Å²) >= 11 is 3.23. The number of carbonyl (C=O) groups excluding carboxylic acids is 2. The maximum absolute atomic E-state index is 12.5. The molecule has 0 aliphatic rings. The van der Waals surface area contributed by atoms with Gasteiger partial charge in [0.2, 0.25) is 0 Å². The van der Waals surface area contributed by atoms with Gasteiger partial charge in [0, 0.05) is 30.0 Å². The van der Waals surface area contributed by atoms with Crippen LogP contribution in [0.4, 0.5) is 5.69 Å². The van der Waals surface area contributed by atoms with Gasteiger partial charge in [-0.15, -0.1) is 11.3 Å². The number of thioether (sulfide) groups is 1. The lowest BCUT2D eigenvalue weighted by Crippen LogP contribution is -2.14. The number of benzene rings is 1. The Balaban J connectivity index is 1.44. The second kappa shape index (κ2) is 9.02. The molecule has 0 saturated carbocycles. The minimum Gasteiger partial charge on any atom is -0.465 e. The highest BCUT2D eigenvalue weighted by Crippen LogP contribution is 2.32. The van der Waals surface area contributed by atoms with E-state index in [2.05, 4.69) is 25.0 Å². The Morgan fingerprint density at radius 2 is 2.07 bits per heavy atom. The summed E-state index contributed by atoms with van der Waals surface area (Å²) < 4.78 is 6.57. The number of nitrogens with zero attached hydrogens (tertiary/aromatic N) is 3. The van der Waals surface area contributed by atoms with E-state index in [1.54, 1.807) is 35.4 Å². The minimum absolute atomic E-state index is 0.208. The molecule has 1 amide bonds. The van der Waals surface area contributed by atoms with Crippen molar-refractivity contribution in [1.82, 2.24) is 15.0 Å². The Morgan fingerprint density at radius 1 is 1.17 bits per heavy atom. The van der Waals surface area contributed by atoms with E-state index in [-0.39, 0.29) is 17.2 Å². The van der Waals surface area contributed by atoms with Crippen molar-refractivity contribution < 1.29 is 14.3 Å². The van der Waals surface area contributed by atoms with Crippen LogP contribution in [0, 0.1) is 0 Å². The van der Waals surface area contributed by atoms with E-state index in [0.29, 0.717) is 5.69 Å². The molecule has 0 aliphatic carbocycles. The normalized spacial score (nSPS) is 10.7. The summed E-state index contributed by atoms with van der Waals surface area (Å²) in [6.07, 6.45) is 4.92. The zero-order chi connectivity index (χ0) is 20.9. The van der Waals surface area contributed by atoms with E-state index in [4.69, 9.17) is 0 Å². The Hall–Kier alpha value is -3.30. The monoisotopic (exact) mass is 436 g/mol. The number of aromatic nitrogens is 3. The predicted octanol–water partition coefficient (Wildman–Crippen LogP) is 4.42. The summed E-state index contributed by atoms with van der Waals surface area (Å²) in [4.78, 5) is 36.7. The Morgan fingerprint density at radius 3 is 2.80 bits per heavy atom. The Labute approximate surface area is 180 Å². The lowest BCUT2D eigenvalue weighted by atomic mass is 10.2. The van der Waals surface area contributed by atoms with Gasteiger partial charge in [0.1, 0.15) is 5.69 Å². The molecule has 4 aromatic rings. The molecular formula is C21H16N4O3S2.